The third kappa shape index (κ3) is 2.18. The summed E-state index contributed by atoms with van der Waals surface area (Å²) in [6.45, 7) is 4.08. The van der Waals surface area contributed by atoms with Gasteiger partial charge in [0, 0.05) is 16.8 Å². The number of para-hydroxylation sites is 3. The van der Waals surface area contributed by atoms with E-state index in [4.69, 9.17) is 5.73 Å². The second kappa shape index (κ2) is 4.85. The van der Waals surface area contributed by atoms with Crippen molar-refractivity contribution in [2.24, 2.45) is 0 Å². The van der Waals surface area contributed by atoms with E-state index >= 15 is 0 Å². The highest BCUT2D eigenvalue weighted by Gasteiger charge is 2.07. The topological polar surface area (TPSA) is 50.9 Å². The molecule has 3 nitrogen and oxygen atoms in total. The number of nitrogens with one attached hydrogen (secondary N) is 1. The normalized spacial score (nSPS) is 10.7. The molecule has 0 aliphatic rings. The molecule has 2 aromatic carbocycles. The molecular weight excluding hydrogens is 246 g/mol. The minimum absolute atomic E-state index is 0.739. The number of hydrogen-bond acceptors (Lipinski definition) is 3. The standard InChI is InChI=1S/C17H17N3/c1-11-6-5-7-13-16(10-12(2)19-17(11)13)20-15-9-4-3-8-14(15)18/h3-10H,18H2,1-2H3,(H,19,20). The Hall–Kier alpha value is -2.55. The van der Waals surface area contributed by atoms with Gasteiger partial charge in [-0.05, 0) is 37.6 Å². The number of benzene rings is 2. The van der Waals surface area contributed by atoms with Gasteiger partial charge in [-0.15, -0.1) is 0 Å². The Kier molecular flexibility index (Phi) is 3.03. The van der Waals surface area contributed by atoms with Crippen LogP contribution in [0, 0.1) is 13.8 Å². The fourth-order valence-corrected chi connectivity index (χ4v) is 2.38. The average molecular weight is 263 g/mol. The van der Waals surface area contributed by atoms with Crippen molar-refractivity contribution in [3.8, 4) is 0 Å². The van der Waals surface area contributed by atoms with E-state index in [0.29, 0.717) is 0 Å². The Bertz CT molecular complexity index is 778. The molecule has 0 bridgehead atoms. The van der Waals surface area contributed by atoms with Crippen LogP contribution >= 0.6 is 0 Å². The number of pyridine rings is 1. The second-order valence-corrected chi connectivity index (χ2v) is 4.99. The summed E-state index contributed by atoms with van der Waals surface area (Å²) < 4.78 is 0. The highest BCUT2D eigenvalue weighted by atomic mass is 14.9. The fourth-order valence-electron chi connectivity index (χ4n) is 2.38. The van der Waals surface area contributed by atoms with Crippen LogP contribution in [0.15, 0.2) is 48.5 Å². The van der Waals surface area contributed by atoms with Crippen LogP contribution in [0.25, 0.3) is 10.9 Å². The molecule has 0 aliphatic heterocycles. The van der Waals surface area contributed by atoms with E-state index in [2.05, 4.69) is 29.4 Å². The smallest absolute Gasteiger partial charge is 0.0755 e. The lowest BCUT2D eigenvalue weighted by Crippen LogP contribution is -1.98. The first-order valence-corrected chi connectivity index (χ1v) is 6.63. The van der Waals surface area contributed by atoms with Crippen molar-refractivity contribution < 1.29 is 0 Å². The van der Waals surface area contributed by atoms with E-state index in [1.807, 2.05) is 43.3 Å². The van der Waals surface area contributed by atoms with Crippen molar-refractivity contribution in [1.82, 2.24) is 4.98 Å². The molecule has 0 saturated carbocycles. The summed E-state index contributed by atoms with van der Waals surface area (Å²) in [4.78, 5) is 4.63. The number of aromatic nitrogens is 1. The summed E-state index contributed by atoms with van der Waals surface area (Å²) in [5.74, 6) is 0. The van der Waals surface area contributed by atoms with Crippen molar-refractivity contribution in [3.63, 3.8) is 0 Å². The first kappa shape index (κ1) is 12.5. The van der Waals surface area contributed by atoms with Crippen molar-refractivity contribution in [2.75, 3.05) is 11.1 Å². The molecule has 0 unspecified atom stereocenters. The Labute approximate surface area is 118 Å². The van der Waals surface area contributed by atoms with E-state index in [-0.39, 0.29) is 0 Å². The summed E-state index contributed by atoms with van der Waals surface area (Å²) in [5.41, 5.74) is 11.9. The number of nitrogens with two attached hydrogens (primary N) is 1. The number of rotatable bonds is 2. The van der Waals surface area contributed by atoms with Crippen molar-refractivity contribution in [3.05, 3.63) is 59.8 Å². The highest BCUT2D eigenvalue weighted by molar-refractivity contribution is 5.95. The van der Waals surface area contributed by atoms with E-state index in [9.17, 15) is 0 Å². The lowest BCUT2D eigenvalue weighted by Gasteiger charge is -2.13. The Morgan fingerprint density at radius 3 is 2.55 bits per heavy atom. The monoisotopic (exact) mass is 263 g/mol. The number of nitrogen functional groups attached to an aromatic ring is 1. The quantitative estimate of drug-likeness (QED) is 0.682. The molecule has 1 heterocycles. The number of fused-ring (bicyclic) bond motifs is 1. The first-order chi connectivity index (χ1) is 9.65. The molecule has 0 fully saturated rings. The Balaban J connectivity index is 2.17. The third-order valence-corrected chi connectivity index (χ3v) is 3.40. The molecule has 3 heteroatoms. The van der Waals surface area contributed by atoms with Crippen LogP contribution in [0.2, 0.25) is 0 Å². The van der Waals surface area contributed by atoms with Crippen LogP contribution in [0.5, 0.6) is 0 Å². The van der Waals surface area contributed by atoms with Crippen molar-refractivity contribution in [2.45, 2.75) is 13.8 Å². The maximum atomic E-state index is 6.00. The predicted octanol–water partition coefficient (Wildman–Crippen LogP) is 4.18. The molecule has 0 amide bonds. The minimum Gasteiger partial charge on any atom is -0.397 e. The summed E-state index contributed by atoms with van der Waals surface area (Å²) in [7, 11) is 0. The van der Waals surface area contributed by atoms with Gasteiger partial charge in [0.15, 0.2) is 0 Å². The van der Waals surface area contributed by atoms with Gasteiger partial charge >= 0.3 is 0 Å². The van der Waals surface area contributed by atoms with Gasteiger partial charge in [0.25, 0.3) is 0 Å². The van der Waals surface area contributed by atoms with Gasteiger partial charge in [-0.3, -0.25) is 4.98 Å². The van der Waals surface area contributed by atoms with Gasteiger partial charge in [0.1, 0.15) is 0 Å². The molecule has 20 heavy (non-hydrogen) atoms. The number of anilines is 3. The first-order valence-electron chi connectivity index (χ1n) is 6.63. The third-order valence-electron chi connectivity index (χ3n) is 3.40. The van der Waals surface area contributed by atoms with Gasteiger partial charge in [-0.25, -0.2) is 0 Å². The zero-order valence-corrected chi connectivity index (χ0v) is 11.6. The molecule has 0 spiro atoms. The summed E-state index contributed by atoms with van der Waals surface area (Å²) >= 11 is 0. The van der Waals surface area contributed by atoms with Gasteiger partial charge in [0.2, 0.25) is 0 Å². The second-order valence-electron chi connectivity index (χ2n) is 4.99. The highest BCUT2D eigenvalue weighted by Crippen LogP contribution is 2.30. The van der Waals surface area contributed by atoms with Crippen LogP contribution in [-0.2, 0) is 0 Å². The molecule has 0 aliphatic carbocycles. The largest absolute Gasteiger partial charge is 0.397 e. The maximum Gasteiger partial charge on any atom is 0.0755 e. The lowest BCUT2D eigenvalue weighted by atomic mass is 10.1. The van der Waals surface area contributed by atoms with Crippen LogP contribution in [0.3, 0.4) is 0 Å². The summed E-state index contributed by atoms with van der Waals surface area (Å²) in [6.07, 6.45) is 0. The van der Waals surface area contributed by atoms with Crippen LogP contribution in [0.1, 0.15) is 11.3 Å². The molecule has 1 aromatic heterocycles. The zero-order chi connectivity index (χ0) is 14.1. The van der Waals surface area contributed by atoms with E-state index in [0.717, 1.165) is 33.7 Å². The molecule has 3 aromatic rings. The molecule has 100 valence electrons. The maximum absolute atomic E-state index is 6.00. The minimum atomic E-state index is 0.739. The lowest BCUT2D eigenvalue weighted by molar-refractivity contribution is 1.24. The van der Waals surface area contributed by atoms with E-state index < -0.39 is 0 Å². The molecule has 0 atom stereocenters. The molecule has 3 rings (SSSR count). The Morgan fingerprint density at radius 2 is 1.75 bits per heavy atom. The van der Waals surface area contributed by atoms with Gasteiger partial charge < -0.3 is 11.1 Å². The SMILES string of the molecule is Cc1cc(Nc2ccccc2N)c2cccc(C)c2n1. The molecule has 3 N–H and O–H groups in total. The van der Waals surface area contributed by atoms with E-state index in [1.165, 1.54) is 5.56 Å². The van der Waals surface area contributed by atoms with Crippen LogP contribution in [-0.4, -0.2) is 4.98 Å². The average Bonchev–Trinajstić information content (AvgIpc) is 2.42. The number of aryl methyl sites for hydroxylation is 2. The fraction of sp³-hybridized carbons (Fsp3) is 0.118. The van der Waals surface area contributed by atoms with Crippen LogP contribution in [0.4, 0.5) is 17.1 Å². The van der Waals surface area contributed by atoms with Crippen molar-refractivity contribution in [1.29, 1.82) is 0 Å². The van der Waals surface area contributed by atoms with Crippen LogP contribution < -0.4 is 11.1 Å². The van der Waals surface area contributed by atoms with Gasteiger partial charge in [0.05, 0.1) is 16.9 Å². The van der Waals surface area contributed by atoms with E-state index in [1.54, 1.807) is 0 Å². The molecular formula is C17H17N3. The number of nitrogens with zero attached hydrogens (tertiary/aromatic N) is 1. The Morgan fingerprint density at radius 1 is 0.950 bits per heavy atom. The van der Waals surface area contributed by atoms with Crippen molar-refractivity contribution >= 4 is 28.0 Å². The molecule has 0 saturated heterocycles. The number of hydrogen-bond donors (Lipinski definition) is 2. The van der Waals surface area contributed by atoms with Gasteiger partial charge in [-0.1, -0.05) is 30.3 Å². The summed E-state index contributed by atoms with van der Waals surface area (Å²) in [6, 6.07) is 16.0. The summed E-state index contributed by atoms with van der Waals surface area (Å²) in [5, 5.41) is 4.53. The predicted molar refractivity (Wildman–Crippen MR) is 85.4 cm³/mol. The molecule has 0 radical (unpaired) electrons. The van der Waals surface area contributed by atoms with Gasteiger partial charge in [-0.2, -0.15) is 0 Å². The zero-order valence-electron chi connectivity index (χ0n) is 11.6.